The van der Waals surface area contributed by atoms with E-state index in [1.54, 1.807) is 18.9 Å². The summed E-state index contributed by atoms with van der Waals surface area (Å²) in [5.74, 6) is 1.79. The number of rotatable bonds is 12. The van der Waals surface area contributed by atoms with E-state index in [0.717, 1.165) is 17.1 Å². The van der Waals surface area contributed by atoms with Crippen molar-refractivity contribution in [3.8, 4) is 5.75 Å². The van der Waals surface area contributed by atoms with Crippen LogP contribution in [0.2, 0.25) is 0 Å². The molecule has 0 saturated heterocycles. The largest absolute Gasteiger partial charge is 0.496 e. The van der Waals surface area contributed by atoms with Gasteiger partial charge in [0, 0.05) is 19.3 Å². The minimum Gasteiger partial charge on any atom is -0.496 e. The van der Waals surface area contributed by atoms with Crippen molar-refractivity contribution in [3.63, 3.8) is 0 Å². The first-order chi connectivity index (χ1) is 14.1. The summed E-state index contributed by atoms with van der Waals surface area (Å²) in [5.41, 5.74) is 1.06. The van der Waals surface area contributed by atoms with Gasteiger partial charge in [-0.1, -0.05) is 18.2 Å². The maximum absolute atomic E-state index is 12.2. The van der Waals surface area contributed by atoms with Crippen LogP contribution in [0.4, 0.5) is 0 Å². The number of methoxy groups -OCH3 is 2. The number of aromatic nitrogens is 2. The quantitative estimate of drug-likeness (QED) is 0.520. The van der Waals surface area contributed by atoms with E-state index in [4.69, 9.17) is 13.9 Å². The SMILES string of the molecule is COC(=O)[C@@H](CCSC)NC(=O)CCc1nnc(CCc2ccccc2OC)o1. The van der Waals surface area contributed by atoms with Gasteiger partial charge in [-0.15, -0.1) is 10.2 Å². The van der Waals surface area contributed by atoms with Crippen LogP contribution in [0.5, 0.6) is 5.75 Å². The van der Waals surface area contributed by atoms with E-state index < -0.39 is 12.0 Å². The smallest absolute Gasteiger partial charge is 0.328 e. The molecule has 1 heterocycles. The summed E-state index contributed by atoms with van der Waals surface area (Å²) in [5, 5.41) is 10.8. The standard InChI is InChI=1S/C20H27N3O5S/c1-26-16-7-5-4-6-14(16)8-10-18-22-23-19(28-18)11-9-17(24)21-15(12-13-29-3)20(25)27-2/h4-7,15H,8-13H2,1-3H3,(H,21,24)/t15-/m1/s1. The van der Waals surface area contributed by atoms with Crippen LogP contribution in [-0.2, 0) is 33.6 Å². The molecule has 0 radical (unpaired) electrons. The number of benzene rings is 1. The number of hydrogen-bond acceptors (Lipinski definition) is 8. The van der Waals surface area contributed by atoms with Crippen molar-refractivity contribution < 1.29 is 23.5 Å². The van der Waals surface area contributed by atoms with Gasteiger partial charge in [-0.05, 0) is 36.5 Å². The Balaban J connectivity index is 1.81. The molecule has 1 atom stereocenters. The third-order valence-corrected chi connectivity index (χ3v) is 4.95. The molecule has 0 bridgehead atoms. The van der Waals surface area contributed by atoms with E-state index in [0.29, 0.717) is 37.5 Å². The zero-order chi connectivity index (χ0) is 21.1. The van der Waals surface area contributed by atoms with Crippen LogP contribution >= 0.6 is 11.8 Å². The monoisotopic (exact) mass is 421 g/mol. The summed E-state index contributed by atoms with van der Waals surface area (Å²) in [6.07, 6.45) is 4.22. The lowest BCUT2D eigenvalue weighted by atomic mass is 10.1. The summed E-state index contributed by atoms with van der Waals surface area (Å²) in [6.45, 7) is 0. The van der Waals surface area contributed by atoms with Crippen LogP contribution in [0.1, 0.15) is 30.2 Å². The molecule has 9 heteroatoms. The van der Waals surface area contributed by atoms with Gasteiger partial charge in [-0.25, -0.2) is 4.79 Å². The summed E-state index contributed by atoms with van der Waals surface area (Å²) < 4.78 is 15.7. The van der Waals surface area contributed by atoms with Gasteiger partial charge in [0.2, 0.25) is 17.7 Å². The number of nitrogens with one attached hydrogen (secondary N) is 1. The highest BCUT2D eigenvalue weighted by atomic mass is 32.2. The number of ether oxygens (including phenoxy) is 2. The van der Waals surface area contributed by atoms with Crippen molar-refractivity contribution in [2.75, 3.05) is 26.2 Å². The lowest BCUT2D eigenvalue weighted by Gasteiger charge is -2.15. The molecule has 0 aliphatic heterocycles. The van der Waals surface area contributed by atoms with Crippen molar-refractivity contribution in [2.24, 2.45) is 0 Å². The summed E-state index contributed by atoms with van der Waals surface area (Å²) in [6, 6.07) is 7.14. The highest BCUT2D eigenvalue weighted by Gasteiger charge is 2.21. The zero-order valence-corrected chi connectivity index (χ0v) is 17.8. The summed E-state index contributed by atoms with van der Waals surface area (Å²) in [7, 11) is 2.95. The molecule has 1 aromatic carbocycles. The number of esters is 1. The predicted octanol–water partition coefficient (Wildman–Crippen LogP) is 2.21. The van der Waals surface area contributed by atoms with E-state index in [-0.39, 0.29) is 12.3 Å². The Morgan fingerprint density at radius 3 is 2.55 bits per heavy atom. The van der Waals surface area contributed by atoms with Gasteiger partial charge in [0.15, 0.2) is 0 Å². The van der Waals surface area contributed by atoms with Gasteiger partial charge < -0.3 is 19.2 Å². The molecule has 1 aromatic heterocycles. The fourth-order valence-corrected chi connectivity index (χ4v) is 3.23. The topological polar surface area (TPSA) is 104 Å². The molecule has 1 N–H and O–H groups in total. The van der Waals surface area contributed by atoms with Gasteiger partial charge in [-0.3, -0.25) is 4.79 Å². The van der Waals surface area contributed by atoms with Crippen LogP contribution in [0.3, 0.4) is 0 Å². The van der Waals surface area contributed by atoms with Gasteiger partial charge in [0.05, 0.1) is 14.2 Å². The van der Waals surface area contributed by atoms with E-state index >= 15 is 0 Å². The highest BCUT2D eigenvalue weighted by molar-refractivity contribution is 7.98. The number of nitrogens with zero attached hydrogens (tertiary/aromatic N) is 2. The maximum Gasteiger partial charge on any atom is 0.328 e. The third-order valence-electron chi connectivity index (χ3n) is 4.31. The van der Waals surface area contributed by atoms with Crippen LogP contribution in [0.15, 0.2) is 28.7 Å². The molecule has 29 heavy (non-hydrogen) atoms. The summed E-state index contributed by atoms with van der Waals surface area (Å²) in [4.78, 5) is 23.9. The van der Waals surface area contributed by atoms with E-state index in [9.17, 15) is 9.59 Å². The lowest BCUT2D eigenvalue weighted by Crippen LogP contribution is -2.42. The Labute approximate surface area is 174 Å². The molecular weight excluding hydrogens is 394 g/mol. The molecule has 0 unspecified atom stereocenters. The van der Waals surface area contributed by atoms with Crippen LogP contribution in [0, 0.1) is 0 Å². The molecule has 0 fully saturated rings. The Kier molecular flexibility index (Phi) is 9.49. The fraction of sp³-hybridized carbons (Fsp3) is 0.500. The van der Waals surface area contributed by atoms with Gasteiger partial charge >= 0.3 is 5.97 Å². The van der Waals surface area contributed by atoms with E-state index in [2.05, 4.69) is 15.5 Å². The van der Waals surface area contributed by atoms with Crippen LogP contribution in [-0.4, -0.2) is 54.3 Å². The first-order valence-electron chi connectivity index (χ1n) is 9.36. The number of thioether (sulfide) groups is 1. The Hall–Kier alpha value is -2.55. The fourth-order valence-electron chi connectivity index (χ4n) is 2.76. The first-order valence-corrected chi connectivity index (χ1v) is 10.8. The average molecular weight is 422 g/mol. The molecule has 1 amide bonds. The molecule has 0 saturated carbocycles. The Morgan fingerprint density at radius 2 is 1.86 bits per heavy atom. The molecule has 2 rings (SSSR count). The predicted molar refractivity (Wildman–Crippen MR) is 110 cm³/mol. The second kappa shape index (κ2) is 12.1. The van der Waals surface area contributed by atoms with Crippen LogP contribution < -0.4 is 10.1 Å². The Morgan fingerprint density at radius 1 is 1.14 bits per heavy atom. The summed E-state index contributed by atoms with van der Waals surface area (Å²) >= 11 is 1.60. The van der Waals surface area contributed by atoms with Gasteiger partial charge in [-0.2, -0.15) is 11.8 Å². The van der Waals surface area contributed by atoms with Gasteiger partial charge in [0.25, 0.3) is 0 Å². The normalized spacial score (nSPS) is 11.7. The zero-order valence-electron chi connectivity index (χ0n) is 17.0. The second-order valence-corrected chi connectivity index (χ2v) is 7.31. The molecule has 158 valence electrons. The number of aryl methyl sites for hydroxylation is 3. The number of para-hydroxylation sites is 1. The van der Waals surface area contributed by atoms with Crippen molar-refractivity contribution >= 4 is 23.6 Å². The van der Waals surface area contributed by atoms with Crippen molar-refractivity contribution in [1.82, 2.24) is 15.5 Å². The number of carbonyl (C=O) groups is 2. The van der Waals surface area contributed by atoms with Crippen LogP contribution in [0.25, 0.3) is 0 Å². The number of amides is 1. The van der Waals surface area contributed by atoms with E-state index in [1.165, 1.54) is 7.11 Å². The van der Waals surface area contributed by atoms with Crippen molar-refractivity contribution in [1.29, 1.82) is 0 Å². The van der Waals surface area contributed by atoms with Crippen molar-refractivity contribution in [3.05, 3.63) is 41.6 Å². The maximum atomic E-state index is 12.2. The lowest BCUT2D eigenvalue weighted by molar-refractivity contribution is -0.145. The first kappa shape index (κ1) is 22.7. The highest BCUT2D eigenvalue weighted by Crippen LogP contribution is 2.19. The Bertz CT molecular complexity index is 796. The molecule has 2 aromatic rings. The molecule has 0 aliphatic carbocycles. The second-order valence-electron chi connectivity index (χ2n) is 6.33. The molecule has 0 aliphatic rings. The molecule has 8 nitrogen and oxygen atoms in total. The minimum atomic E-state index is -0.640. The minimum absolute atomic E-state index is 0.154. The van der Waals surface area contributed by atoms with Gasteiger partial charge in [0.1, 0.15) is 11.8 Å². The third kappa shape index (κ3) is 7.41. The molecular formula is C20H27N3O5S. The molecule has 0 spiro atoms. The number of carbonyl (C=O) groups excluding carboxylic acids is 2. The van der Waals surface area contributed by atoms with E-state index in [1.807, 2.05) is 30.5 Å². The average Bonchev–Trinajstić information content (AvgIpc) is 3.21. The number of hydrogen-bond donors (Lipinski definition) is 1. The van der Waals surface area contributed by atoms with Crippen molar-refractivity contribution in [2.45, 2.75) is 38.1 Å².